The van der Waals surface area contributed by atoms with Gasteiger partial charge in [0.05, 0.1) is 5.56 Å². The van der Waals surface area contributed by atoms with Crippen molar-refractivity contribution in [1.29, 1.82) is 0 Å². The first-order valence-corrected chi connectivity index (χ1v) is 6.72. The highest BCUT2D eigenvalue weighted by Crippen LogP contribution is 2.22. The van der Waals surface area contributed by atoms with Gasteiger partial charge in [-0.3, -0.25) is 4.79 Å². The second kappa shape index (κ2) is 5.51. The van der Waals surface area contributed by atoms with E-state index in [4.69, 9.17) is 0 Å². The Bertz CT molecular complexity index is 438. The second-order valence-electron chi connectivity index (χ2n) is 5.05. The highest BCUT2D eigenvalue weighted by molar-refractivity contribution is 5.94. The highest BCUT2D eigenvalue weighted by atomic mass is 19.1. The summed E-state index contributed by atoms with van der Waals surface area (Å²) in [6, 6.07) is 5.02. The molecule has 1 unspecified atom stereocenters. The molecule has 98 valence electrons. The average molecular weight is 249 g/mol. The van der Waals surface area contributed by atoms with Crippen molar-refractivity contribution in [2.24, 2.45) is 0 Å². The van der Waals surface area contributed by atoms with E-state index in [0.29, 0.717) is 5.92 Å². The van der Waals surface area contributed by atoms with Crippen LogP contribution in [-0.2, 0) is 0 Å². The van der Waals surface area contributed by atoms with Crippen LogP contribution in [0.15, 0.2) is 18.2 Å². The number of rotatable bonds is 3. The van der Waals surface area contributed by atoms with Crippen LogP contribution in [0.3, 0.4) is 0 Å². The van der Waals surface area contributed by atoms with E-state index < -0.39 is 0 Å². The number of likely N-dealkylation sites (tertiary alicyclic amines) is 1. The molecule has 1 aliphatic heterocycles. The van der Waals surface area contributed by atoms with Gasteiger partial charge in [-0.1, -0.05) is 19.9 Å². The van der Waals surface area contributed by atoms with Crippen LogP contribution in [0.4, 0.5) is 4.39 Å². The molecule has 3 heteroatoms. The first kappa shape index (κ1) is 13.1. The van der Waals surface area contributed by atoms with Gasteiger partial charge in [0.1, 0.15) is 5.82 Å². The summed E-state index contributed by atoms with van der Waals surface area (Å²) in [5.41, 5.74) is 1.18. The van der Waals surface area contributed by atoms with Gasteiger partial charge in [0.25, 0.3) is 5.91 Å². The average Bonchev–Trinajstić information content (AvgIpc) is 2.90. The predicted octanol–water partition coefficient (Wildman–Crippen LogP) is 3.58. The van der Waals surface area contributed by atoms with Gasteiger partial charge in [0.2, 0.25) is 0 Å². The Morgan fingerprint density at radius 2 is 2.06 bits per heavy atom. The Balaban J connectivity index is 2.21. The third-order valence-electron chi connectivity index (χ3n) is 3.80. The van der Waals surface area contributed by atoms with Gasteiger partial charge in [0.15, 0.2) is 0 Å². The lowest BCUT2D eigenvalue weighted by Gasteiger charge is -2.16. The minimum absolute atomic E-state index is 0.166. The lowest BCUT2D eigenvalue weighted by molar-refractivity contribution is 0.0788. The van der Waals surface area contributed by atoms with E-state index in [1.807, 2.05) is 6.07 Å². The van der Waals surface area contributed by atoms with Crippen LogP contribution in [0.25, 0.3) is 0 Å². The first-order chi connectivity index (χ1) is 8.63. The molecule has 1 atom stereocenters. The zero-order valence-electron chi connectivity index (χ0n) is 11.1. The third-order valence-corrected chi connectivity index (χ3v) is 3.80. The molecule has 1 aromatic carbocycles. The lowest BCUT2D eigenvalue weighted by atomic mass is 9.97. The zero-order chi connectivity index (χ0) is 13.1. The molecule has 1 fully saturated rings. The molecule has 0 spiro atoms. The summed E-state index contributed by atoms with van der Waals surface area (Å²) in [7, 11) is 0. The second-order valence-corrected chi connectivity index (χ2v) is 5.05. The van der Waals surface area contributed by atoms with Crippen molar-refractivity contribution >= 4 is 5.91 Å². The number of carbonyl (C=O) groups is 1. The maximum absolute atomic E-state index is 14.0. The van der Waals surface area contributed by atoms with Crippen molar-refractivity contribution in [3.05, 3.63) is 35.1 Å². The van der Waals surface area contributed by atoms with Crippen molar-refractivity contribution < 1.29 is 9.18 Å². The van der Waals surface area contributed by atoms with Crippen molar-refractivity contribution in [1.82, 2.24) is 4.90 Å². The lowest BCUT2D eigenvalue weighted by Crippen LogP contribution is -2.28. The normalized spacial score (nSPS) is 16.9. The monoisotopic (exact) mass is 249 g/mol. The Hall–Kier alpha value is -1.38. The Morgan fingerprint density at radius 1 is 1.39 bits per heavy atom. The molecule has 0 bridgehead atoms. The van der Waals surface area contributed by atoms with Crippen LogP contribution in [-0.4, -0.2) is 23.9 Å². The van der Waals surface area contributed by atoms with Crippen LogP contribution < -0.4 is 0 Å². The van der Waals surface area contributed by atoms with E-state index in [1.54, 1.807) is 11.0 Å². The fourth-order valence-corrected chi connectivity index (χ4v) is 2.34. The SMILES string of the molecule is CCC(C)c1ccc(C(=O)N2CCCC2)c(F)c1. The van der Waals surface area contributed by atoms with Crippen LogP contribution in [0.1, 0.15) is 54.9 Å². The molecule has 1 aliphatic rings. The van der Waals surface area contributed by atoms with Gasteiger partial charge in [-0.15, -0.1) is 0 Å². The van der Waals surface area contributed by atoms with Crippen LogP contribution in [0.2, 0.25) is 0 Å². The van der Waals surface area contributed by atoms with Crippen molar-refractivity contribution in [3.8, 4) is 0 Å². The quantitative estimate of drug-likeness (QED) is 0.802. The Morgan fingerprint density at radius 3 is 2.61 bits per heavy atom. The van der Waals surface area contributed by atoms with E-state index in [-0.39, 0.29) is 17.3 Å². The van der Waals surface area contributed by atoms with E-state index in [1.165, 1.54) is 6.07 Å². The molecule has 1 amide bonds. The summed E-state index contributed by atoms with van der Waals surface area (Å²) >= 11 is 0. The molecule has 0 N–H and O–H groups in total. The minimum atomic E-state index is -0.385. The number of carbonyl (C=O) groups excluding carboxylic acids is 1. The number of hydrogen-bond donors (Lipinski definition) is 0. The number of amides is 1. The first-order valence-electron chi connectivity index (χ1n) is 6.72. The largest absolute Gasteiger partial charge is 0.339 e. The summed E-state index contributed by atoms with van der Waals surface area (Å²) in [5.74, 6) is -0.221. The molecule has 1 aromatic rings. The molecular formula is C15H20FNO. The van der Waals surface area contributed by atoms with Gasteiger partial charge in [-0.25, -0.2) is 4.39 Å². The van der Waals surface area contributed by atoms with Crippen LogP contribution >= 0.6 is 0 Å². The van der Waals surface area contributed by atoms with Gasteiger partial charge in [-0.2, -0.15) is 0 Å². The summed E-state index contributed by atoms with van der Waals surface area (Å²) in [6.45, 7) is 5.65. The summed E-state index contributed by atoms with van der Waals surface area (Å²) in [5, 5.41) is 0. The Kier molecular flexibility index (Phi) is 4.00. The third kappa shape index (κ3) is 2.55. The molecule has 2 rings (SSSR count). The fraction of sp³-hybridized carbons (Fsp3) is 0.533. The smallest absolute Gasteiger partial charge is 0.256 e. The van der Waals surface area contributed by atoms with E-state index in [9.17, 15) is 9.18 Å². The van der Waals surface area contributed by atoms with Gasteiger partial charge in [-0.05, 0) is 42.9 Å². The van der Waals surface area contributed by atoms with Gasteiger partial charge in [0, 0.05) is 13.1 Å². The molecule has 0 aromatic heterocycles. The van der Waals surface area contributed by atoms with Crippen molar-refractivity contribution in [3.63, 3.8) is 0 Å². The van der Waals surface area contributed by atoms with Crippen molar-refractivity contribution in [2.45, 2.75) is 39.0 Å². The van der Waals surface area contributed by atoms with E-state index >= 15 is 0 Å². The predicted molar refractivity (Wildman–Crippen MR) is 70.2 cm³/mol. The topological polar surface area (TPSA) is 20.3 Å². The Labute approximate surface area is 108 Å². The molecule has 18 heavy (non-hydrogen) atoms. The standard InChI is InChI=1S/C15H20FNO/c1-3-11(2)12-6-7-13(14(16)10-12)15(18)17-8-4-5-9-17/h6-7,10-11H,3-5,8-9H2,1-2H3. The van der Waals surface area contributed by atoms with E-state index in [0.717, 1.165) is 37.9 Å². The van der Waals surface area contributed by atoms with E-state index in [2.05, 4.69) is 13.8 Å². The molecular weight excluding hydrogens is 229 g/mol. The van der Waals surface area contributed by atoms with Gasteiger partial charge >= 0.3 is 0 Å². The maximum Gasteiger partial charge on any atom is 0.256 e. The summed E-state index contributed by atoms with van der Waals surface area (Å²) in [4.78, 5) is 13.8. The molecule has 0 saturated carbocycles. The molecule has 0 aliphatic carbocycles. The number of nitrogens with zero attached hydrogens (tertiary/aromatic N) is 1. The molecule has 1 heterocycles. The van der Waals surface area contributed by atoms with Crippen LogP contribution in [0, 0.1) is 5.82 Å². The molecule has 0 radical (unpaired) electrons. The minimum Gasteiger partial charge on any atom is -0.339 e. The molecule has 1 saturated heterocycles. The molecule has 2 nitrogen and oxygen atoms in total. The zero-order valence-corrected chi connectivity index (χ0v) is 11.1. The highest BCUT2D eigenvalue weighted by Gasteiger charge is 2.22. The van der Waals surface area contributed by atoms with Crippen molar-refractivity contribution in [2.75, 3.05) is 13.1 Å². The fourth-order valence-electron chi connectivity index (χ4n) is 2.34. The number of hydrogen-bond acceptors (Lipinski definition) is 1. The summed E-state index contributed by atoms with van der Waals surface area (Å²) < 4.78 is 14.0. The maximum atomic E-state index is 14.0. The number of benzene rings is 1. The van der Waals surface area contributed by atoms with Crippen LogP contribution in [0.5, 0.6) is 0 Å². The van der Waals surface area contributed by atoms with Gasteiger partial charge < -0.3 is 4.90 Å². The number of halogens is 1. The summed E-state index contributed by atoms with van der Waals surface area (Å²) in [6.07, 6.45) is 3.02.